The molecule has 2 aromatic rings. The number of benzene rings is 1. The summed E-state index contributed by atoms with van der Waals surface area (Å²) in [7, 11) is 1.96. The van der Waals surface area contributed by atoms with Gasteiger partial charge in [0.05, 0.1) is 6.04 Å². The molecule has 330 valence electrons. The van der Waals surface area contributed by atoms with E-state index in [4.69, 9.17) is 21.3 Å². The van der Waals surface area contributed by atoms with Crippen molar-refractivity contribution in [2.24, 2.45) is 23.1 Å². The Kier molecular flexibility index (Phi) is 19.7. The minimum Gasteiger partial charge on any atom is -0.455 e. The van der Waals surface area contributed by atoms with Crippen molar-refractivity contribution in [1.82, 2.24) is 30.8 Å². The minimum atomic E-state index is -0.900. The van der Waals surface area contributed by atoms with Crippen LogP contribution in [0.3, 0.4) is 0 Å². The van der Waals surface area contributed by atoms with E-state index in [0.29, 0.717) is 30.1 Å². The first-order chi connectivity index (χ1) is 27.9. The Morgan fingerprint density at radius 1 is 1.03 bits per heavy atom. The van der Waals surface area contributed by atoms with Crippen molar-refractivity contribution in [1.29, 1.82) is 0 Å². The van der Waals surface area contributed by atoms with Gasteiger partial charge >= 0.3 is 5.97 Å². The van der Waals surface area contributed by atoms with E-state index in [2.05, 4.69) is 27.9 Å². The number of likely N-dealkylation sites (tertiary alicyclic amines) is 1. The van der Waals surface area contributed by atoms with Crippen LogP contribution in [0.25, 0.3) is 0 Å². The number of nitrogen functional groups attached to an aromatic ring is 1. The summed E-state index contributed by atoms with van der Waals surface area (Å²) in [6.45, 7) is 16.5. The maximum atomic E-state index is 14.9. The van der Waals surface area contributed by atoms with E-state index in [1.807, 2.05) is 51.8 Å². The summed E-state index contributed by atoms with van der Waals surface area (Å²) in [4.78, 5) is 76.5. The number of unbranched alkanes of at least 4 members (excludes halogenated alkanes) is 3. The lowest BCUT2D eigenvalue weighted by atomic mass is 9.83. The normalized spacial score (nSPS) is 17.3. The van der Waals surface area contributed by atoms with Crippen molar-refractivity contribution in [2.75, 3.05) is 25.9 Å². The molecular formula is C44H72N8O6S. The lowest BCUT2D eigenvalue weighted by Crippen LogP contribution is -2.59. The largest absolute Gasteiger partial charge is 0.455 e. The summed E-state index contributed by atoms with van der Waals surface area (Å²) in [5, 5.41) is 8.33. The first-order valence-electron chi connectivity index (χ1n) is 21.5. The first-order valence-corrected chi connectivity index (χ1v) is 22.4. The highest BCUT2D eigenvalue weighted by molar-refractivity contribution is 7.09. The van der Waals surface area contributed by atoms with Gasteiger partial charge < -0.3 is 26.0 Å². The second-order valence-corrected chi connectivity index (χ2v) is 18.2. The van der Waals surface area contributed by atoms with Crippen LogP contribution in [-0.2, 0) is 30.3 Å². The molecule has 4 amide bonds. The Bertz CT molecular complexity index is 1670. The van der Waals surface area contributed by atoms with Gasteiger partial charge in [-0.05, 0) is 75.2 Å². The van der Waals surface area contributed by atoms with Crippen molar-refractivity contribution in [3.63, 3.8) is 0 Å². The number of aromatic nitrogens is 1. The number of likely N-dealkylation sites (N-methyl/N-ethyl adjacent to an activating group) is 1. The number of nitrogens with two attached hydrogens (primary N) is 2. The number of thiazole rings is 1. The average molecular weight is 841 g/mol. The summed E-state index contributed by atoms with van der Waals surface area (Å²) in [5.41, 5.74) is 8.92. The lowest BCUT2D eigenvalue weighted by Gasteiger charge is -2.40. The van der Waals surface area contributed by atoms with Crippen LogP contribution >= 0.6 is 11.3 Å². The number of amides is 4. The second-order valence-electron chi connectivity index (χ2n) is 17.3. The molecule has 0 bridgehead atoms. The van der Waals surface area contributed by atoms with Crippen LogP contribution in [0.2, 0.25) is 0 Å². The van der Waals surface area contributed by atoms with Crippen molar-refractivity contribution in [3.8, 4) is 0 Å². The van der Waals surface area contributed by atoms with Crippen molar-refractivity contribution < 1.29 is 28.7 Å². The van der Waals surface area contributed by atoms with Gasteiger partial charge in [-0.2, -0.15) is 0 Å². The smallest absolute Gasteiger partial charge is 0.303 e. The molecule has 14 nitrogen and oxygen atoms in total. The van der Waals surface area contributed by atoms with Crippen LogP contribution in [0, 0.1) is 17.3 Å². The quantitative estimate of drug-likeness (QED) is 0.0224. The van der Waals surface area contributed by atoms with Crippen LogP contribution in [0.4, 0.5) is 5.69 Å². The van der Waals surface area contributed by atoms with Gasteiger partial charge in [0.25, 0.3) is 5.91 Å². The van der Waals surface area contributed by atoms with E-state index in [9.17, 15) is 24.0 Å². The number of carbonyl (C=O) groups excluding carboxylic acids is 5. The first kappa shape index (κ1) is 49.3. The third-order valence-corrected chi connectivity index (χ3v) is 12.6. The minimum absolute atomic E-state index is 0.0492. The van der Waals surface area contributed by atoms with Gasteiger partial charge in [0, 0.05) is 48.5 Å². The maximum absolute atomic E-state index is 14.9. The second kappa shape index (κ2) is 23.6. The molecule has 1 aromatic heterocycles. The zero-order valence-electron chi connectivity index (χ0n) is 37.0. The summed E-state index contributed by atoms with van der Waals surface area (Å²) in [6, 6.07) is 5.48. The predicted octanol–water partition coefficient (Wildman–Crippen LogP) is 5.92. The van der Waals surface area contributed by atoms with Crippen LogP contribution in [0.15, 0.2) is 29.6 Å². The molecular weight excluding hydrogens is 769 g/mol. The van der Waals surface area contributed by atoms with Gasteiger partial charge in [0.15, 0.2) is 6.10 Å². The highest BCUT2D eigenvalue weighted by Crippen LogP contribution is 2.32. The maximum Gasteiger partial charge on any atom is 0.303 e. The number of hydrazine groups is 1. The number of nitrogens with one attached hydrogen (secondary N) is 3. The fraction of sp³-hybridized carbons (Fsp3) is 0.682. The number of hydrogen-bond acceptors (Lipinski definition) is 11. The highest BCUT2D eigenvalue weighted by Gasteiger charge is 2.39. The number of hydrogen-bond donors (Lipinski definition) is 5. The molecule has 0 radical (unpaired) electrons. The summed E-state index contributed by atoms with van der Waals surface area (Å²) < 4.78 is 5.94. The van der Waals surface area contributed by atoms with E-state index < -0.39 is 35.5 Å². The Morgan fingerprint density at radius 3 is 2.32 bits per heavy atom. The van der Waals surface area contributed by atoms with Crippen LogP contribution in [-0.4, -0.2) is 88.7 Å². The molecule has 0 aliphatic carbocycles. The Morgan fingerprint density at radius 2 is 1.73 bits per heavy atom. The molecule has 7 N–H and O–H groups in total. The SMILES string of the molecule is CCCCCCN(C(=O)[C@@H](NC(=O)[C@H]1CCCCN1C)[C@@H](C)CC)[C@H](C[C@@H](OC(C)=O)c1nc(C(=O)N[C@@H](Cc2ccc(N)cc2)CC(C)(C)C(=O)NN)cs1)C(C)C. The number of carbonyl (C=O) groups is 5. The van der Waals surface area contributed by atoms with E-state index >= 15 is 0 Å². The molecule has 2 heterocycles. The Labute approximate surface area is 356 Å². The van der Waals surface area contributed by atoms with Crippen molar-refractivity contribution in [3.05, 3.63) is 45.9 Å². The molecule has 3 rings (SSSR count). The highest BCUT2D eigenvalue weighted by atomic mass is 32.1. The molecule has 1 fully saturated rings. The molecule has 0 unspecified atom stereocenters. The molecule has 1 aromatic carbocycles. The number of rotatable bonds is 23. The van der Waals surface area contributed by atoms with E-state index in [1.54, 1.807) is 31.4 Å². The molecule has 1 saturated heterocycles. The summed E-state index contributed by atoms with van der Waals surface area (Å²) in [6.07, 6.45) is 7.39. The van der Waals surface area contributed by atoms with E-state index in [-0.39, 0.29) is 60.2 Å². The zero-order chi connectivity index (χ0) is 43.9. The van der Waals surface area contributed by atoms with Gasteiger partial charge in [-0.1, -0.05) is 92.7 Å². The molecule has 15 heteroatoms. The van der Waals surface area contributed by atoms with Gasteiger partial charge in [-0.25, -0.2) is 10.8 Å². The molecule has 1 aliphatic heterocycles. The fourth-order valence-corrected chi connectivity index (χ4v) is 8.70. The molecule has 0 saturated carbocycles. The Balaban J connectivity index is 1.94. The molecule has 0 spiro atoms. The van der Waals surface area contributed by atoms with Crippen molar-refractivity contribution in [2.45, 2.75) is 156 Å². The lowest BCUT2D eigenvalue weighted by molar-refractivity contribution is -0.149. The van der Waals surface area contributed by atoms with Gasteiger partial charge in [0.1, 0.15) is 16.7 Å². The van der Waals surface area contributed by atoms with Gasteiger partial charge in [-0.3, -0.25) is 34.3 Å². The van der Waals surface area contributed by atoms with E-state index in [0.717, 1.165) is 57.1 Å². The van der Waals surface area contributed by atoms with Crippen LogP contribution in [0.5, 0.6) is 0 Å². The summed E-state index contributed by atoms with van der Waals surface area (Å²) >= 11 is 1.21. The third kappa shape index (κ3) is 14.9. The van der Waals surface area contributed by atoms with Crippen LogP contribution in [0.1, 0.15) is 147 Å². The third-order valence-electron chi connectivity index (χ3n) is 11.6. The number of piperidine rings is 1. The molecule has 59 heavy (non-hydrogen) atoms. The number of esters is 1. The zero-order valence-corrected chi connectivity index (χ0v) is 37.8. The van der Waals surface area contributed by atoms with Gasteiger partial charge in [-0.15, -0.1) is 11.3 Å². The fourth-order valence-electron chi connectivity index (χ4n) is 7.86. The predicted molar refractivity (Wildman–Crippen MR) is 234 cm³/mol. The molecule has 1 aliphatic rings. The average Bonchev–Trinajstić information content (AvgIpc) is 3.69. The number of anilines is 1. The standard InChI is InChI=1S/C44H72N8O6S/c1-10-12-13-15-23-52(42(56)38(29(5)11-2)49-40(55)35-17-14-16-22-51(35)9)36(28(3)4)25-37(58-30(6)53)41-48-34(27-59-41)39(54)47-33(26-44(7,8)43(57)50-46)24-31-18-20-32(45)21-19-31/h18-21,27-29,33,35-38H,10-17,22-26,45-46H2,1-9H3,(H,47,54)(H,49,55)(H,50,57)/t29-,33-,35+,36+,37+,38-/m0/s1. The molecule has 6 atom stereocenters. The topological polar surface area (TPSA) is 202 Å². The number of nitrogens with zero attached hydrogens (tertiary/aromatic N) is 3. The monoisotopic (exact) mass is 841 g/mol. The summed E-state index contributed by atoms with van der Waals surface area (Å²) in [5.74, 6) is 3.75. The van der Waals surface area contributed by atoms with Crippen LogP contribution < -0.4 is 27.6 Å². The number of ether oxygens (including phenoxy) is 1. The van der Waals surface area contributed by atoms with Crippen molar-refractivity contribution >= 4 is 46.6 Å². The van der Waals surface area contributed by atoms with Gasteiger partial charge in [0.2, 0.25) is 17.7 Å². The Hall–Kier alpha value is -4.08. The van der Waals surface area contributed by atoms with E-state index in [1.165, 1.54) is 18.3 Å².